The van der Waals surface area contributed by atoms with Crippen molar-refractivity contribution < 1.29 is 24.2 Å². The molecule has 0 radical (unpaired) electrons. The SMILES string of the molecule is CC(C)C[C@H]1NC(=O)[C@H]([C@@H](C)O)NC(=O)c2ccc(c(Cl)c2)OCCCn2cc(nn2)CCN(Cc2ccnc(C(C)C)n2)CCNC1=O. The number of amides is 3. The first kappa shape index (κ1) is 37.7. The Morgan fingerprint density at radius 2 is 1.84 bits per heavy atom. The number of aromatic nitrogens is 5. The van der Waals surface area contributed by atoms with Crippen LogP contribution in [0.1, 0.15) is 80.9 Å². The standard InChI is InChI=1S/C34H48ClN9O5/c1-21(2)17-28-33(47)37-12-15-43(19-25-9-11-36-31(38-25)22(3)4)14-10-26-20-44(42-41-26)13-6-16-49-29-8-7-24(18-27(29)35)32(46)40-30(23(5)45)34(48)39-28/h7-9,11,18,20-23,28,30,45H,6,10,12-17,19H2,1-5H3,(H,37,47)(H,39,48)(H,40,46)/t23-,28-,30+/m1/s1. The minimum Gasteiger partial charge on any atom is -0.492 e. The Hall–Kier alpha value is -4.14. The maximum Gasteiger partial charge on any atom is 0.252 e. The molecule has 266 valence electrons. The number of fused-ring (bicyclic) bond motifs is 17. The van der Waals surface area contributed by atoms with Crippen molar-refractivity contribution in [1.29, 1.82) is 0 Å². The summed E-state index contributed by atoms with van der Waals surface area (Å²) in [5.41, 5.74) is 1.88. The highest BCUT2D eigenvalue weighted by molar-refractivity contribution is 6.32. The van der Waals surface area contributed by atoms with Gasteiger partial charge in [0.1, 0.15) is 23.7 Å². The molecule has 5 rings (SSSR count). The van der Waals surface area contributed by atoms with E-state index in [2.05, 4.69) is 36.1 Å². The van der Waals surface area contributed by atoms with Crippen LogP contribution in [-0.4, -0.2) is 97.1 Å². The Labute approximate surface area is 292 Å². The zero-order chi connectivity index (χ0) is 35.5. The number of aryl methyl sites for hydroxylation is 1. The van der Waals surface area contributed by atoms with Crippen LogP contribution in [0.3, 0.4) is 0 Å². The van der Waals surface area contributed by atoms with Crippen molar-refractivity contribution in [3.63, 3.8) is 0 Å². The van der Waals surface area contributed by atoms with E-state index in [0.29, 0.717) is 64.3 Å². The molecule has 0 aliphatic carbocycles. The molecular weight excluding hydrogens is 650 g/mol. The normalized spacial score (nSPS) is 19.9. The first-order valence-corrected chi connectivity index (χ1v) is 17.2. The molecule has 4 N–H and O–H groups in total. The molecule has 0 unspecified atom stereocenters. The summed E-state index contributed by atoms with van der Waals surface area (Å²) in [6, 6.07) is 4.24. The van der Waals surface area contributed by atoms with Gasteiger partial charge in [-0.1, -0.05) is 44.5 Å². The van der Waals surface area contributed by atoms with Crippen molar-refractivity contribution >= 4 is 29.3 Å². The number of halogens is 1. The van der Waals surface area contributed by atoms with Gasteiger partial charge in [-0.25, -0.2) is 9.97 Å². The van der Waals surface area contributed by atoms with Crippen LogP contribution >= 0.6 is 11.6 Å². The molecule has 2 aliphatic heterocycles. The molecule has 4 heterocycles. The Morgan fingerprint density at radius 3 is 2.55 bits per heavy atom. The summed E-state index contributed by atoms with van der Waals surface area (Å²) in [7, 11) is 0. The lowest BCUT2D eigenvalue weighted by Crippen LogP contribution is -2.57. The fourth-order valence-corrected chi connectivity index (χ4v) is 5.57. The first-order chi connectivity index (χ1) is 23.4. The fraction of sp³-hybridized carbons (Fsp3) is 0.559. The quantitative estimate of drug-likeness (QED) is 0.280. The van der Waals surface area contributed by atoms with E-state index in [4.69, 9.17) is 21.3 Å². The average Bonchev–Trinajstić information content (AvgIpc) is 3.51. The van der Waals surface area contributed by atoms with E-state index in [1.807, 2.05) is 40.0 Å². The van der Waals surface area contributed by atoms with Gasteiger partial charge in [0.15, 0.2) is 0 Å². The molecule has 2 aliphatic rings. The summed E-state index contributed by atoms with van der Waals surface area (Å²) in [4.78, 5) is 51.3. The third kappa shape index (κ3) is 11.5. The Morgan fingerprint density at radius 1 is 1.04 bits per heavy atom. The lowest BCUT2D eigenvalue weighted by molar-refractivity contribution is -0.131. The minimum atomic E-state index is -1.32. The van der Waals surface area contributed by atoms with Crippen molar-refractivity contribution in [2.45, 2.75) is 91.1 Å². The maximum absolute atomic E-state index is 13.5. The van der Waals surface area contributed by atoms with E-state index >= 15 is 0 Å². The van der Waals surface area contributed by atoms with Gasteiger partial charge in [-0.05, 0) is 43.5 Å². The number of hydrogen-bond acceptors (Lipinski definition) is 10. The number of carbonyl (C=O) groups excluding carboxylic acids is 3. The third-order valence-electron chi connectivity index (χ3n) is 8.01. The van der Waals surface area contributed by atoms with Crippen molar-refractivity contribution in [1.82, 2.24) is 45.8 Å². The second-order valence-corrected chi connectivity index (χ2v) is 13.5. The van der Waals surface area contributed by atoms with Crippen molar-refractivity contribution in [3.8, 4) is 5.75 Å². The van der Waals surface area contributed by atoms with E-state index in [1.165, 1.54) is 19.1 Å². The predicted octanol–water partition coefficient (Wildman–Crippen LogP) is 2.50. The molecule has 3 amide bonds. The van der Waals surface area contributed by atoms with Gasteiger partial charge in [-0.2, -0.15) is 0 Å². The lowest BCUT2D eigenvalue weighted by Gasteiger charge is -2.26. The number of hydrogen-bond donors (Lipinski definition) is 4. The smallest absolute Gasteiger partial charge is 0.252 e. The van der Waals surface area contributed by atoms with Crippen LogP contribution in [0.2, 0.25) is 5.02 Å². The molecule has 3 aromatic rings. The minimum absolute atomic E-state index is 0.0724. The molecule has 1 aromatic carbocycles. The molecule has 0 fully saturated rings. The fourth-order valence-electron chi connectivity index (χ4n) is 5.34. The van der Waals surface area contributed by atoms with Crippen LogP contribution in [-0.2, 0) is 29.1 Å². The van der Waals surface area contributed by atoms with Crippen LogP contribution < -0.4 is 20.7 Å². The molecule has 0 saturated carbocycles. The number of ether oxygens (including phenoxy) is 1. The molecule has 0 spiro atoms. The Bertz CT molecular complexity index is 1560. The average molecular weight is 698 g/mol. The lowest BCUT2D eigenvalue weighted by atomic mass is 10.0. The first-order valence-electron chi connectivity index (χ1n) is 16.8. The van der Waals surface area contributed by atoms with E-state index in [1.54, 1.807) is 16.9 Å². The summed E-state index contributed by atoms with van der Waals surface area (Å²) < 4.78 is 7.63. The van der Waals surface area contributed by atoms with Gasteiger partial charge >= 0.3 is 0 Å². The number of aliphatic hydroxyl groups is 1. The monoisotopic (exact) mass is 697 g/mol. The van der Waals surface area contributed by atoms with Crippen LogP contribution in [0.5, 0.6) is 5.75 Å². The maximum atomic E-state index is 13.5. The Balaban J connectivity index is 1.56. The second-order valence-electron chi connectivity index (χ2n) is 13.1. The van der Waals surface area contributed by atoms with Crippen LogP contribution in [0.4, 0.5) is 0 Å². The van der Waals surface area contributed by atoms with Gasteiger partial charge in [-0.3, -0.25) is 24.0 Å². The van der Waals surface area contributed by atoms with Crippen LogP contribution in [0.15, 0.2) is 36.7 Å². The largest absolute Gasteiger partial charge is 0.492 e. The van der Waals surface area contributed by atoms with Crippen molar-refractivity contribution in [2.24, 2.45) is 5.92 Å². The van der Waals surface area contributed by atoms with Crippen molar-refractivity contribution in [2.75, 3.05) is 26.2 Å². The number of aliphatic hydroxyl groups excluding tert-OH is 1. The highest BCUT2D eigenvalue weighted by Gasteiger charge is 2.30. The predicted molar refractivity (Wildman–Crippen MR) is 184 cm³/mol. The number of carbonyl (C=O) groups is 3. The summed E-state index contributed by atoms with van der Waals surface area (Å²) in [6.45, 7) is 12.3. The van der Waals surface area contributed by atoms with E-state index in [0.717, 1.165) is 17.2 Å². The van der Waals surface area contributed by atoms with E-state index in [9.17, 15) is 19.5 Å². The van der Waals surface area contributed by atoms with Gasteiger partial charge in [0, 0.05) is 69.4 Å². The molecule has 14 nitrogen and oxygen atoms in total. The summed E-state index contributed by atoms with van der Waals surface area (Å²) in [6.07, 6.45) is 4.07. The summed E-state index contributed by atoms with van der Waals surface area (Å²) in [5.74, 6) is -0.220. The zero-order valence-electron chi connectivity index (χ0n) is 28.9. The highest BCUT2D eigenvalue weighted by Crippen LogP contribution is 2.26. The molecule has 3 atom stereocenters. The van der Waals surface area contributed by atoms with E-state index in [-0.39, 0.29) is 28.3 Å². The van der Waals surface area contributed by atoms with Crippen LogP contribution in [0.25, 0.3) is 0 Å². The molecule has 49 heavy (non-hydrogen) atoms. The number of nitrogens with one attached hydrogen (secondary N) is 3. The van der Waals surface area contributed by atoms with Gasteiger partial charge < -0.3 is 25.8 Å². The van der Waals surface area contributed by atoms with Crippen LogP contribution in [0, 0.1) is 5.92 Å². The third-order valence-corrected chi connectivity index (χ3v) is 8.30. The highest BCUT2D eigenvalue weighted by atomic mass is 35.5. The molecule has 0 saturated heterocycles. The number of nitrogens with zero attached hydrogens (tertiary/aromatic N) is 6. The number of benzene rings is 1. The van der Waals surface area contributed by atoms with Crippen molar-refractivity contribution in [3.05, 3.63) is 64.5 Å². The topological polar surface area (TPSA) is 176 Å². The number of rotatable bonds is 6. The molecule has 4 bridgehead atoms. The zero-order valence-corrected chi connectivity index (χ0v) is 29.6. The van der Waals surface area contributed by atoms with E-state index < -0.39 is 30.0 Å². The molecular formula is C34H48ClN9O5. The van der Waals surface area contributed by atoms with Gasteiger partial charge in [-0.15, -0.1) is 5.10 Å². The van der Waals surface area contributed by atoms with Gasteiger partial charge in [0.25, 0.3) is 5.91 Å². The summed E-state index contributed by atoms with van der Waals surface area (Å²) >= 11 is 6.42. The Kier molecular flexibility index (Phi) is 13.9. The molecule has 15 heteroatoms. The summed E-state index contributed by atoms with van der Waals surface area (Å²) in [5, 5.41) is 27.6. The molecule has 2 aromatic heterocycles. The van der Waals surface area contributed by atoms with Gasteiger partial charge in [0.05, 0.1) is 29.1 Å². The second kappa shape index (κ2) is 18.0. The van der Waals surface area contributed by atoms with Gasteiger partial charge in [0.2, 0.25) is 11.8 Å².